The van der Waals surface area contributed by atoms with Crippen LogP contribution in [0.15, 0.2) is 0 Å². The summed E-state index contributed by atoms with van der Waals surface area (Å²) in [6.07, 6.45) is 0. The molecule has 0 heterocycles. The van der Waals surface area contributed by atoms with E-state index in [1.165, 1.54) is 0 Å². The molecular formula is C8H17NO4. The molecule has 0 amide bonds. The number of hydrogen-bond donors (Lipinski definition) is 2. The first-order valence-electron chi connectivity index (χ1n) is 4.20. The Morgan fingerprint density at radius 3 is 2.54 bits per heavy atom. The summed E-state index contributed by atoms with van der Waals surface area (Å²) in [4.78, 5) is 12.3. The zero-order valence-corrected chi connectivity index (χ0v) is 8.06. The molecule has 0 aliphatic heterocycles. The number of methoxy groups -OCH3 is 1. The van der Waals surface area contributed by atoms with Crippen LogP contribution in [0.2, 0.25) is 0 Å². The molecule has 0 rings (SSSR count). The maximum atomic E-state index is 10.6. The molecule has 0 fully saturated rings. The van der Waals surface area contributed by atoms with Gasteiger partial charge in [-0.1, -0.05) is 0 Å². The van der Waals surface area contributed by atoms with Crippen LogP contribution in [0.1, 0.15) is 6.92 Å². The minimum absolute atomic E-state index is 0.0403. The largest absolute Gasteiger partial charge is 0.480 e. The van der Waals surface area contributed by atoms with Crippen molar-refractivity contribution in [3.8, 4) is 0 Å². The van der Waals surface area contributed by atoms with Crippen LogP contribution in [0, 0.1) is 0 Å². The third-order valence-electron chi connectivity index (χ3n) is 1.87. The van der Waals surface area contributed by atoms with Gasteiger partial charge in [0.15, 0.2) is 0 Å². The first kappa shape index (κ1) is 12.3. The Morgan fingerprint density at radius 2 is 2.15 bits per heavy atom. The van der Waals surface area contributed by atoms with Crippen molar-refractivity contribution in [2.45, 2.75) is 13.0 Å². The van der Waals surface area contributed by atoms with Crippen molar-refractivity contribution >= 4 is 5.97 Å². The van der Waals surface area contributed by atoms with Crippen molar-refractivity contribution in [2.24, 2.45) is 0 Å². The zero-order valence-electron chi connectivity index (χ0n) is 8.06. The van der Waals surface area contributed by atoms with Crippen LogP contribution < -0.4 is 0 Å². The number of ether oxygens (including phenoxy) is 1. The van der Waals surface area contributed by atoms with E-state index in [0.717, 1.165) is 0 Å². The van der Waals surface area contributed by atoms with Crippen LogP contribution in [0.3, 0.4) is 0 Å². The van der Waals surface area contributed by atoms with Crippen LogP contribution in [0.5, 0.6) is 0 Å². The number of rotatable bonds is 7. The summed E-state index contributed by atoms with van der Waals surface area (Å²) < 4.78 is 4.83. The van der Waals surface area contributed by atoms with Crippen molar-refractivity contribution in [1.29, 1.82) is 0 Å². The van der Waals surface area contributed by atoms with E-state index in [-0.39, 0.29) is 6.61 Å². The number of carboxylic acids is 1. The van der Waals surface area contributed by atoms with Crippen LogP contribution in [0.25, 0.3) is 0 Å². The Kier molecular flexibility index (Phi) is 6.48. The summed E-state index contributed by atoms with van der Waals surface area (Å²) >= 11 is 0. The second kappa shape index (κ2) is 6.82. The van der Waals surface area contributed by atoms with Crippen molar-refractivity contribution in [1.82, 2.24) is 4.90 Å². The Bertz CT molecular complexity index is 151. The number of carbonyl (C=O) groups is 1. The zero-order chi connectivity index (χ0) is 10.3. The third kappa shape index (κ3) is 4.82. The molecule has 0 saturated heterocycles. The molecule has 2 N–H and O–H groups in total. The molecule has 0 bridgehead atoms. The Labute approximate surface area is 77.9 Å². The normalized spacial score (nSPS) is 13.2. The molecule has 1 unspecified atom stereocenters. The van der Waals surface area contributed by atoms with Gasteiger partial charge in [-0.3, -0.25) is 9.69 Å². The Balaban J connectivity index is 3.98. The predicted octanol–water partition coefficient (Wildman–Crippen LogP) is -0.600. The maximum absolute atomic E-state index is 10.6. The number of aliphatic carboxylic acids is 1. The average Bonchev–Trinajstić information content (AvgIpc) is 2.11. The Morgan fingerprint density at radius 1 is 1.54 bits per heavy atom. The van der Waals surface area contributed by atoms with Crippen LogP contribution in [-0.4, -0.2) is 60.5 Å². The van der Waals surface area contributed by atoms with Gasteiger partial charge in [-0.05, 0) is 6.92 Å². The summed E-state index contributed by atoms with van der Waals surface area (Å²) in [6.45, 7) is 2.90. The first-order valence-corrected chi connectivity index (χ1v) is 4.20. The fourth-order valence-corrected chi connectivity index (χ4v) is 0.992. The smallest absolute Gasteiger partial charge is 0.320 e. The van der Waals surface area contributed by atoms with E-state index < -0.39 is 12.0 Å². The molecule has 5 heteroatoms. The van der Waals surface area contributed by atoms with Gasteiger partial charge in [0.2, 0.25) is 0 Å². The van der Waals surface area contributed by atoms with Gasteiger partial charge < -0.3 is 14.9 Å². The van der Waals surface area contributed by atoms with Gasteiger partial charge in [0.1, 0.15) is 6.04 Å². The second-order valence-corrected chi connectivity index (χ2v) is 2.77. The molecule has 0 aliphatic rings. The number of hydrogen-bond acceptors (Lipinski definition) is 4. The molecule has 5 nitrogen and oxygen atoms in total. The number of nitrogens with zero attached hydrogens (tertiary/aromatic N) is 1. The maximum Gasteiger partial charge on any atom is 0.320 e. The van der Waals surface area contributed by atoms with Gasteiger partial charge >= 0.3 is 5.97 Å². The quantitative estimate of drug-likeness (QED) is 0.562. The highest BCUT2D eigenvalue weighted by atomic mass is 16.5. The van der Waals surface area contributed by atoms with E-state index in [1.807, 2.05) is 0 Å². The molecule has 0 aromatic heterocycles. The predicted molar refractivity (Wildman–Crippen MR) is 47.6 cm³/mol. The van der Waals surface area contributed by atoms with E-state index in [0.29, 0.717) is 19.7 Å². The van der Waals surface area contributed by atoms with Gasteiger partial charge in [-0.25, -0.2) is 0 Å². The van der Waals surface area contributed by atoms with Crippen LogP contribution in [0.4, 0.5) is 0 Å². The number of aliphatic hydroxyl groups excluding tert-OH is 1. The van der Waals surface area contributed by atoms with Gasteiger partial charge in [-0.15, -0.1) is 0 Å². The molecule has 0 aliphatic carbocycles. The van der Waals surface area contributed by atoms with Crippen molar-refractivity contribution in [3.05, 3.63) is 0 Å². The minimum Gasteiger partial charge on any atom is -0.480 e. The summed E-state index contributed by atoms with van der Waals surface area (Å²) in [5.74, 6) is -0.885. The first-order chi connectivity index (χ1) is 6.13. The van der Waals surface area contributed by atoms with Crippen molar-refractivity contribution in [2.75, 3.05) is 33.4 Å². The van der Waals surface area contributed by atoms with Crippen LogP contribution >= 0.6 is 0 Å². The Hall–Kier alpha value is -0.650. The molecule has 0 radical (unpaired) electrons. The lowest BCUT2D eigenvalue weighted by atomic mass is 10.3. The summed E-state index contributed by atoms with van der Waals surface area (Å²) in [5, 5.41) is 17.4. The van der Waals surface area contributed by atoms with E-state index in [9.17, 15) is 4.79 Å². The molecule has 0 saturated carbocycles. The van der Waals surface area contributed by atoms with E-state index in [2.05, 4.69) is 0 Å². The van der Waals surface area contributed by atoms with Gasteiger partial charge in [0.05, 0.1) is 13.2 Å². The van der Waals surface area contributed by atoms with Gasteiger partial charge in [-0.2, -0.15) is 0 Å². The topological polar surface area (TPSA) is 70.0 Å². The lowest BCUT2D eigenvalue weighted by molar-refractivity contribution is -0.143. The van der Waals surface area contributed by atoms with Gasteiger partial charge in [0, 0.05) is 20.2 Å². The fraction of sp³-hybridized carbons (Fsp3) is 0.875. The van der Waals surface area contributed by atoms with E-state index in [4.69, 9.17) is 14.9 Å². The minimum atomic E-state index is -0.885. The number of aliphatic hydroxyl groups is 1. The average molecular weight is 191 g/mol. The molecule has 13 heavy (non-hydrogen) atoms. The summed E-state index contributed by atoms with van der Waals surface area (Å²) in [7, 11) is 1.56. The van der Waals surface area contributed by atoms with Crippen LogP contribution in [-0.2, 0) is 9.53 Å². The second-order valence-electron chi connectivity index (χ2n) is 2.77. The molecular weight excluding hydrogens is 174 g/mol. The lowest BCUT2D eigenvalue weighted by Crippen LogP contribution is -2.42. The third-order valence-corrected chi connectivity index (χ3v) is 1.87. The lowest BCUT2D eigenvalue weighted by Gasteiger charge is -2.24. The van der Waals surface area contributed by atoms with E-state index >= 15 is 0 Å². The molecule has 78 valence electrons. The SMILES string of the molecule is COCCN(CCO)C(C)C(=O)O. The summed E-state index contributed by atoms with van der Waals surface area (Å²) in [6, 6.07) is -0.581. The van der Waals surface area contributed by atoms with Crippen molar-refractivity contribution < 1.29 is 19.7 Å². The molecule has 0 spiro atoms. The molecule has 1 atom stereocenters. The standard InChI is InChI=1S/C8H17NO4/c1-7(8(11)12)9(3-5-10)4-6-13-2/h7,10H,3-6H2,1-2H3,(H,11,12). The highest BCUT2D eigenvalue weighted by Gasteiger charge is 2.19. The monoisotopic (exact) mass is 191 g/mol. The number of carboxylic acid groups (broad SMARTS) is 1. The van der Waals surface area contributed by atoms with Crippen molar-refractivity contribution in [3.63, 3.8) is 0 Å². The highest BCUT2D eigenvalue weighted by Crippen LogP contribution is 1.98. The molecule has 0 aromatic carbocycles. The van der Waals surface area contributed by atoms with E-state index in [1.54, 1.807) is 18.9 Å². The molecule has 0 aromatic rings. The highest BCUT2D eigenvalue weighted by molar-refractivity contribution is 5.72. The fourth-order valence-electron chi connectivity index (χ4n) is 0.992. The summed E-state index contributed by atoms with van der Waals surface area (Å²) in [5.41, 5.74) is 0. The van der Waals surface area contributed by atoms with Gasteiger partial charge in [0.25, 0.3) is 0 Å².